The van der Waals surface area contributed by atoms with Gasteiger partial charge in [-0.15, -0.1) is 0 Å². The molecule has 2 atom stereocenters. The van der Waals surface area contributed by atoms with E-state index in [1.165, 1.54) is 0 Å². The third-order valence-corrected chi connectivity index (χ3v) is 4.07. The number of piperidine rings is 1. The van der Waals surface area contributed by atoms with Crippen LogP contribution in [-0.2, 0) is 0 Å². The fraction of sp³-hybridized carbons (Fsp3) is 0.412. The lowest BCUT2D eigenvalue weighted by Crippen LogP contribution is -2.51. The Morgan fingerprint density at radius 1 is 1.21 bits per heavy atom. The van der Waals surface area contributed by atoms with Crippen LogP contribution in [0.1, 0.15) is 31.5 Å². The summed E-state index contributed by atoms with van der Waals surface area (Å²) in [5.74, 6) is 0.714. The number of hydrogen-bond acceptors (Lipinski definition) is 5. The van der Waals surface area contributed by atoms with E-state index < -0.39 is 0 Å². The van der Waals surface area contributed by atoms with Crippen LogP contribution in [-0.4, -0.2) is 40.1 Å². The maximum Gasteiger partial charge on any atom is 0.315 e. The highest BCUT2D eigenvalue weighted by Gasteiger charge is 2.23. The Morgan fingerprint density at radius 3 is 2.75 bits per heavy atom. The van der Waals surface area contributed by atoms with Gasteiger partial charge in [-0.2, -0.15) is 0 Å². The number of hydrogen-bond donors (Lipinski definition) is 2. The number of nitrogens with zero attached hydrogens (tertiary/aromatic N) is 4. The second-order valence-electron chi connectivity index (χ2n) is 5.93. The highest BCUT2D eigenvalue weighted by Crippen LogP contribution is 2.15. The Bertz CT molecular complexity index is 651. The molecule has 0 saturated carbocycles. The van der Waals surface area contributed by atoms with Crippen LogP contribution < -0.4 is 15.5 Å². The number of pyridine rings is 1. The van der Waals surface area contributed by atoms with Crippen molar-refractivity contribution < 1.29 is 4.79 Å². The lowest BCUT2D eigenvalue weighted by Gasteiger charge is -2.33. The summed E-state index contributed by atoms with van der Waals surface area (Å²) in [5.41, 5.74) is 0.843. The molecule has 0 aromatic carbocycles. The predicted octanol–water partition coefficient (Wildman–Crippen LogP) is 1.90. The summed E-state index contributed by atoms with van der Waals surface area (Å²) < 4.78 is 0. The van der Waals surface area contributed by atoms with Gasteiger partial charge in [-0.3, -0.25) is 4.98 Å². The number of urea groups is 1. The summed E-state index contributed by atoms with van der Waals surface area (Å²) in [5, 5.41) is 5.98. The van der Waals surface area contributed by atoms with Crippen LogP contribution in [0.4, 0.5) is 10.7 Å². The summed E-state index contributed by atoms with van der Waals surface area (Å²) >= 11 is 0. The van der Waals surface area contributed by atoms with E-state index >= 15 is 0 Å². The van der Waals surface area contributed by atoms with Crippen LogP contribution >= 0.6 is 0 Å². The Balaban J connectivity index is 1.53. The first-order chi connectivity index (χ1) is 11.7. The van der Waals surface area contributed by atoms with E-state index in [0.717, 1.165) is 31.6 Å². The molecule has 2 unspecified atom stereocenters. The molecule has 7 heteroatoms. The molecule has 0 aliphatic carbocycles. The normalized spacial score (nSPS) is 18.7. The number of aromatic nitrogens is 3. The average Bonchev–Trinajstić information content (AvgIpc) is 2.63. The molecule has 2 N–H and O–H groups in total. The van der Waals surface area contributed by atoms with Gasteiger partial charge in [-0.25, -0.2) is 14.8 Å². The lowest BCUT2D eigenvalue weighted by atomic mass is 10.1. The predicted molar refractivity (Wildman–Crippen MR) is 91.6 cm³/mol. The third kappa shape index (κ3) is 4.18. The van der Waals surface area contributed by atoms with Crippen molar-refractivity contribution in [1.82, 2.24) is 25.6 Å². The van der Waals surface area contributed by atoms with E-state index in [9.17, 15) is 4.79 Å². The summed E-state index contributed by atoms with van der Waals surface area (Å²) in [6.45, 7) is 3.55. The van der Waals surface area contributed by atoms with Crippen LogP contribution in [0.3, 0.4) is 0 Å². The number of carbonyl (C=O) groups is 1. The topological polar surface area (TPSA) is 83.0 Å². The van der Waals surface area contributed by atoms with E-state index in [-0.39, 0.29) is 18.1 Å². The molecule has 2 aromatic rings. The van der Waals surface area contributed by atoms with Gasteiger partial charge in [0.05, 0.1) is 11.7 Å². The maximum absolute atomic E-state index is 12.2. The zero-order valence-corrected chi connectivity index (χ0v) is 13.7. The third-order valence-electron chi connectivity index (χ3n) is 4.07. The molecule has 2 aromatic heterocycles. The first kappa shape index (κ1) is 16.2. The molecule has 0 radical (unpaired) electrons. The zero-order chi connectivity index (χ0) is 16.8. The van der Waals surface area contributed by atoms with Gasteiger partial charge in [-0.1, -0.05) is 6.07 Å². The van der Waals surface area contributed by atoms with Gasteiger partial charge in [0, 0.05) is 37.7 Å². The van der Waals surface area contributed by atoms with Crippen molar-refractivity contribution in [3.63, 3.8) is 0 Å². The van der Waals surface area contributed by atoms with Crippen LogP contribution in [0.15, 0.2) is 42.9 Å². The summed E-state index contributed by atoms with van der Waals surface area (Å²) in [7, 11) is 0. The maximum atomic E-state index is 12.2. The molecule has 24 heavy (non-hydrogen) atoms. The quantitative estimate of drug-likeness (QED) is 0.896. The molecule has 126 valence electrons. The lowest BCUT2D eigenvalue weighted by molar-refractivity contribution is 0.231. The van der Waals surface area contributed by atoms with Crippen molar-refractivity contribution in [3.05, 3.63) is 48.5 Å². The SMILES string of the molecule is CC(NC(=O)NC1CCCN(c2ncccn2)C1)c1ccccn1. The smallest absolute Gasteiger partial charge is 0.315 e. The molecule has 7 nitrogen and oxygen atoms in total. The fourth-order valence-electron chi connectivity index (χ4n) is 2.86. The Kier molecular flexibility index (Phi) is 5.20. The minimum absolute atomic E-state index is 0.0819. The van der Waals surface area contributed by atoms with Crippen LogP contribution in [0.25, 0.3) is 0 Å². The van der Waals surface area contributed by atoms with Crippen molar-refractivity contribution in [1.29, 1.82) is 0 Å². The standard InChI is InChI=1S/C17H22N6O/c1-13(15-7-2-3-8-18-15)21-17(24)22-14-6-4-11-23(12-14)16-19-9-5-10-20-16/h2-3,5,7-10,13-14H,4,6,11-12H2,1H3,(H2,21,22,24). The molecular formula is C17H22N6O. The first-order valence-corrected chi connectivity index (χ1v) is 8.22. The van der Waals surface area contributed by atoms with Gasteiger partial charge in [0.2, 0.25) is 5.95 Å². The van der Waals surface area contributed by atoms with Gasteiger partial charge in [-0.05, 0) is 38.0 Å². The molecule has 2 amide bonds. The summed E-state index contributed by atoms with van der Waals surface area (Å²) in [4.78, 5) is 27.2. The van der Waals surface area contributed by atoms with Gasteiger partial charge in [0.15, 0.2) is 0 Å². The van der Waals surface area contributed by atoms with Gasteiger partial charge < -0.3 is 15.5 Å². The molecule has 3 heterocycles. The molecule has 1 aliphatic heterocycles. The molecular weight excluding hydrogens is 304 g/mol. The van der Waals surface area contributed by atoms with Crippen LogP contribution in [0.5, 0.6) is 0 Å². The summed E-state index contributed by atoms with van der Waals surface area (Å²) in [6.07, 6.45) is 7.15. The fourth-order valence-corrected chi connectivity index (χ4v) is 2.86. The molecule has 3 rings (SSSR count). The van der Waals surface area contributed by atoms with E-state index in [2.05, 4.69) is 30.5 Å². The number of nitrogens with one attached hydrogen (secondary N) is 2. The van der Waals surface area contributed by atoms with Crippen molar-refractivity contribution in [2.45, 2.75) is 31.8 Å². The molecule has 1 fully saturated rings. The van der Waals surface area contributed by atoms with Gasteiger partial charge >= 0.3 is 6.03 Å². The Labute approximate surface area is 141 Å². The largest absolute Gasteiger partial charge is 0.339 e. The Hall–Kier alpha value is -2.70. The van der Waals surface area contributed by atoms with Crippen molar-refractivity contribution in [2.75, 3.05) is 18.0 Å². The Morgan fingerprint density at radius 2 is 2.00 bits per heavy atom. The second kappa shape index (κ2) is 7.72. The van der Waals surface area contributed by atoms with Gasteiger partial charge in [0.25, 0.3) is 0 Å². The van der Waals surface area contributed by atoms with Crippen molar-refractivity contribution >= 4 is 12.0 Å². The number of amides is 2. The average molecular weight is 326 g/mol. The van der Waals surface area contributed by atoms with E-state index in [0.29, 0.717) is 5.95 Å². The highest BCUT2D eigenvalue weighted by atomic mass is 16.2. The zero-order valence-electron chi connectivity index (χ0n) is 13.7. The van der Waals surface area contributed by atoms with E-state index in [1.807, 2.05) is 25.1 Å². The van der Waals surface area contributed by atoms with E-state index in [1.54, 1.807) is 24.7 Å². The summed E-state index contributed by atoms with van der Waals surface area (Å²) in [6, 6.07) is 7.25. The molecule has 0 bridgehead atoms. The molecule has 1 aliphatic rings. The van der Waals surface area contributed by atoms with Crippen molar-refractivity contribution in [2.24, 2.45) is 0 Å². The van der Waals surface area contributed by atoms with Crippen LogP contribution in [0.2, 0.25) is 0 Å². The van der Waals surface area contributed by atoms with Crippen molar-refractivity contribution in [3.8, 4) is 0 Å². The molecule has 0 spiro atoms. The first-order valence-electron chi connectivity index (χ1n) is 8.22. The number of anilines is 1. The number of rotatable bonds is 4. The second-order valence-corrected chi connectivity index (χ2v) is 5.93. The minimum atomic E-state index is -0.172. The molecule has 1 saturated heterocycles. The highest BCUT2D eigenvalue weighted by molar-refractivity contribution is 5.74. The van der Waals surface area contributed by atoms with E-state index in [4.69, 9.17) is 0 Å². The monoisotopic (exact) mass is 326 g/mol. The number of carbonyl (C=O) groups excluding carboxylic acids is 1. The van der Waals surface area contributed by atoms with Crippen LogP contribution in [0, 0.1) is 0 Å². The minimum Gasteiger partial charge on any atom is -0.339 e. The van der Waals surface area contributed by atoms with Gasteiger partial charge in [0.1, 0.15) is 0 Å².